The van der Waals surface area contributed by atoms with Gasteiger partial charge in [-0.3, -0.25) is 9.59 Å². The number of rotatable bonds is 3. The number of ether oxygens (including phenoxy) is 2. The van der Waals surface area contributed by atoms with Gasteiger partial charge >= 0.3 is 0 Å². The Hall–Kier alpha value is -3.22. The highest BCUT2D eigenvalue weighted by Crippen LogP contribution is 2.33. The minimum absolute atomic E-state index is 0.0965. The number of carbonyl (C=O) groups excluding carboxylic acids is 1. The number of pyridine rings is 1. The van der Waals surface area contributed by atoms with Crippen LogP contribution in [-0.2, 0) is 6.54 Å². The van der Waals surface area contributed by atoms with Crippen LogP contribution in [0.25, 0.3) is 10.9 Å². The zero-order chi connectivity index (χ0) is 16.5. The van der Waals surface area contributed by atoms with Gasteiger partial charge in [-0.2, -0.15) is 0 Å². The minimum atomic E-state index is -0.373. The summed E-state index contributed by atoms with van der Waals surface area (Å²) in [6.45, 7) is 1.08. The Morgan fingerprint density at radius 1 is 1.17 bits per heavy atom. The number of benzene rings is 1. The minimum Gasteiger partial charge on any atom is -0.486 e. The van der Waals surface area contributed by atoms with Crippen LogP contribution in [0.3, 0.4) is 0 Å². The van der Waals surface area contributed by atoms with Crippen molar-refractivity contribution in [3.05, 3.63) is 58.3 Å². The van der Waals surface area contributed by atoms with E-state index in [2.05, 4.69) is 10.3 Å². The van der Waals surface area contributed by atoms with Crippen LogP contribution < -0.4 is 20.3 Å². The van der Waals surface area contributed by atoms with Gasteiger partial charge in [-0.25, -0.2) is 0 Å². The Balaban J connectivity index is 1.62. The normalized spacial score (nSPS) is 13.0. The standard InChI is InChI=1S/C17H14N2O5/c20-16-11(9-18-17(21)13-2-1-3-22-13)6-10-7-14-15(8-12(10)19-16)24-5-4-23-14/h1-3,6-8H,4-5,9H2,(H,18,21)(H,19,20). The van der Waals surface area contributed by atoms with Crippen molar-refractivity contribution in [2.75, 3.05) is 13.2 Å². The lowest BCUT2D eigenvalue weighted by molar-refractivity contribution is 0.0923. The molecule has 1 aromatic carbocycles. The molecule has 7 heteroatoms. The molecule has 1 aliphatic heterocycles. The molecule has 122 valence electrons. The van der Waals surface area contributed by atoms with Gasteiger partial charge in [-0.1, -0.05) is 0 Å². The van der Waals surface area contributed by atoms with E-state index < -0.39 is 0 Å². The van der Waals surface area contributed by atoms with Gasteiger partial charge in [0.1, 0.15) is 13.2 Å². The molecule has 2 N–H and O–H groups in total. The molecule has 4 rings (SSSR count). The summed E-state index contributed by atoms with van der Waals surface area (Å²) >= 11 is 0. The smallest absolute Gasteiger partial charge is 0.287 e. The van der Waals surface area contributed by atoms with Crippen LogP contribution in [0.4, 0.5) is 0 Å². The van der Waals surface area contributed by atoms with E-state index in [1.54, 1.807) is 24.3 Å². The lowest BCUT2D eigenvalue weighted by atomic mass is 10.1. The fourth-order valence-electron chi connectivity index (χ4n) is 2.59. The molecule has 1 aliphatic rings. The second-order valence-corrected chi connectivity index (χ2v) is 5.37. The first-order chi connectivity index (χ1) is 11.7. The second-order valence-electron chi connectivity index (χ2n) is 5.37. The molecule has 3 aromatic rings. The van der Waals surface area contributed by atoms with E-state index in [1.807, 2.05) is 6.07 Å². The first kappa shape index (κ1) is 14.4. The molecule has 7 nitrogen and oxygen atoms in total. The predicted molar refractivity (Wildman–Crippen MR) is 85.4 cm³/mol. The SMILES string of the molecule is O=C(NCc1cc2cc3c(cc2[nH]c1=O)OCCO3)c1ccco1. The van der Waals surface area contributed by atoms with E-state index in [1.165, 1.54) is 6.26 Å². The maximum absolute atomic E-state index is 12.2. The lowest BCUT2D eigenvalue weighted by Crippen LogP contribution is -2.26. The van der Waals surface area contributed by atoms with Crippen molar-refractivity contribution in [2.45, 2.75) is 6.54 Å². The van der Waals surface area contributed by atoms with Crippen LogP contribution in [0.15, 0.2) is 45.8 Å². The molecule has 0 atom stereocenters. The van der Waals surface area contributed by atoms with E-state index >= 15 is 0 Å². The average Bonchev–Trinajstić information content (AvgIpc) is 3.12. The van der Waals surface area contributed by atoms with E-state index in [9.17, 15) is 9.59 Å². The van der Waals surface area contributed by atoms with Gasteiger partial charge in [0.2, 0.25) is 0 Å². The first-order valence-corrected chi connectivity index (χ1v) is 7.48. The Morgan fingerprint density at radius 2 is 1.96 bits per heavy atom. The summed E-state index contributed by atoms with van der Waals surface area (Å²) in [5, 5.41) is 3.47. The van der Waals surface area contributed by atoms with Crippen LogP contribution in [0.5, 0.6) is 11.5 Å². The molecular formula is C17H14N2O5. The van der Waals surface area contributed by atoms with Gasteiger partial charge in [0.15, 0.2) is 17.3 Å². The van der Waals surface area contributed by atoms with Gasteiger partial charge < -0.3 is 24.2 Å². The van der Waals surface area contributed by atoms with Gasteiger partial charge in [0.05, 0.1) is 11.8 Å². The summed E-state index contributed by atoms with van der Waals surface area (Å²) < 4.78 is 16.1. The first-order valence-electron chi connectivity index (χ1n) is 7.48. The number of H-pyrrole nitrogens is 1. The maximum atomic E-state index is 12.2. The molecule has 3 heterocycles. The fraction of sp³-hybridized carbons (Fsp3) is 0.176. The summed E-state index contributed by atoms with van der Waals surface area (Å²) in [6.07, 6.45) is 1.42. The van der Waals surface area contributed by atoms with Crippen molar-refractivity contribution >= 4 is 16.8 Å². The Labute approximate surface area is 136 Å². The van der Waals surface area contributed by atoms with Gasteiger partial charge in [0, 0.05) is 23.6 Å². The summed E-state index contributed by atoms with van der Waals surface area (Å²) in [4.78, 5) is 26.9. The average molecular weight is 326 g/mol. The van der Waals surface area contributed by atoms with Crippen molar-refractivity contribution in [1.82, 2.24) is 10.3 Å². The molecular weight excluding hydrogens is 312 g/mol. The third-order valence-corrected chi connectivity index (χ3v) is 3.77. The largest absolute Gasteiger partial charge is 0.486 e. The number of aromatic nitrogens is 1. The zero-order valence-corrected chi connectivity index (χ0v) is 12.6. The number of fused-ring (bicyclic) bond motifs is 2. The Morgan fingerprint density at radius 3 is 2.71 bits per heavy atom. The summed E-state index contributed by atoms with van der Waals surface area (Å²) in [6, 6.07) is 8.48. The third kappa shape index (κ3) is 2.60. The Kier molecular flexibility index (Phi) is 3.45. The number of carbonyl (C=O) groups is 1. The van der Waals surface area contributed by atoms with E-state index in [4.69, 9.17) is 13.9 Å². The molecule has 1 amide bonds. The van der Waals surface area contributed by atoms with Crippen LogP contribution in [0, 0.1) is 0 Å². The number of hydrogen-bond acceptors (Lipinski definition) is 5. The highest BCUT2D eigenvalue weighted by atomic mass is 16.6. The van der Waals surface area contributed by atoms with Gasteiger partial charge in [-0.05, 0) is 24.3 Å². The van der Waals surface area contributed by atoms with Crippen LogP contribution >= 0.6 is 0 Å². The molecule has 0 saturated carbocycles. The molecule has 24 heavy (non-hydrogen) atoms. The molecule has 0 bridgehead atoms. The van der Waals surface area contributed by atoms with Crippen LogP contribution in [0.2, 0.25) is 0 Å². The highest BCUT2D eigenvalue weighted by molar-refractivity contribution is 5.91. The van der Waals surface area contributed by atoms with Gasteiger partial charge in [0.25, 0.3) is 11.5 Å². The number of aromatic amines is 1. The van der Waals surface area contributed by atoms with Crippen LogP contribution in [0.1, 0.15) is 16.1 Å². The van der Waals surface area contributed by atoms with Crippen molar-refractivity contribution in [2.24, 2.45) is 0 Å². The number of amides is 1. The molecule has 0 unspecified atom stereocenters. The molecule has 0 spiro atoms. The van der Waals surface area contributed by atoms with Crippen molar-refractivity contribution in [1.29, 1.82) is 0 Å². The van der Waals surface area contributed by atoms with Gasteiger partial charge in [-0.15, -0.1) is 0 Å². The van der Waals surface area contributed by atoms with E-state index in [0.717, 1.165) is 5.39 Å². The third-order valence-electron chi connectivity index (χ3n) is 3.77. The van der Waals surface area contributed by atoms with Crippen molar-refractivity contribution in [3.63, 3.8) is 0 Å². The quantitative estimate of drug-likeness (QED) is 0.766. The number of hydrogen-bond donors (Lipinski definition) is 2. The fourth-order valence-corrected chi connectivity index (χ4v) is 2.59. The monoisotopic (exact) mass is 326 g/mol. The highest BCUT2D eigenvalue weighted by Gasteiger charge is 2.15. The predicted octanol–water partition coefficient (Wildman–Crippen LogP) is 1.82. The molecule has 0 aliphatic carbocycles. The number of furan rings is 1. The zero-order valence-electron chi connectivity index (χ0n) is 12.6. The number of nitrogens with one attached hydrogen (secondary N) is 2. The van der Waals surface area contributed by atoms with E-state index in [0.29, 0.717) is 35.8 Å². The van der Waals surface area contributed by atoms with E-state index in [-0.39, 0.29) is 23.8 Å². The van der Waals surface area contributed by atoms with Crippen LogP contribution in [-0.4, -0.2) is 24.1 Å². The molecule has 0 radical (unpaired) electrons. The second kappa shape index (κ2) is 5.77. The lowest BCUT2D eigenvalue weighted by Gasteiger charge is -2.18. The molecule has 0 saturated heterocycles. The summed E-state index contributed by atoms with van der Waals surface area (Å²) in [5.74, 6) is 1.09. The topological polar surface area (TPSA) is 93.6 Å². The molecule has 0 fully saturated rings. The van der Waals surface area contributed by atoms with Crippen molar-refractivity contribution < 1.29 is 18.7 Å². The summed E-state index contributed by atoms with van der Waals surface area (Å²) in [7, 11) is 0. The summed E-state index contributed by atoms with van der Waals surface area (Å²) in [5.41, 5.74) is 0.836. The Bertz CT molecular complexity index is 959. The maximum Gasteiger partial charge on any atom is 0.287 e. The van der Waals surface area contributed by atoms with Crippen molar-refractivity contribution in [3.8, 4) is 11.5 Å². The molecule has 2 aromatic heterocycles.